The van der Waals surface area contributed by atoms with Crippen LogP contribution in [-0.4, -0.2) is 10.2 Å². The summed E-state index contributed by atoms with van der Waals surface area (Å²) in [4.78, 5) is 14.7. The van der Waals surface area contributed by atoms with E-state index in [9.17, 15) is 9.18 Å². The van der Waals surface area contributed by atoms with Crippen molar-refractivity contribution in [2.75, 3.05) is 4.90 Å². The number of nitrogens with zero attached hydrogens (tertiary/aromatic N) is 1. The van der Waals surface area contributed by atoms with Crippen molar-refractivity contribution in [2.24, 2.45) is 0 Å². The number of carbonyl (C=O) groups excluding carboxylic acids is 1. The molecule has 0 N–H and O–H groups in total. The molecule has 0 radical (unpaired) electrons. The number of anilines is 1. The van der Waals surface area contributed by atoms with Crippen molar-refractivity contribution in [3.63, 3.8) is 0 Å². The molecular weight excluding hydrogens is 417 g/mol. The van der Waals surface area contributed by atoms with Gasteiger partial charge in [-0.3, -0.25) is 9.69 Å². The Morgan fingerprint density at radius 2 is 1.73 bits per heavy atom. The third kappa shape index (κ3) is 4.45. The fraction of sp³-hybridized carbons (Fsp3) is 0.0833. The van der Waals surface area contributed by atoms with Crippen LogP contribution in [0.15, 0.2) is 77.7 Å². The summed E-state index contributed by atoms with van der Waals surface area (Å²) in [6, 6.07) is 21.4. The predicted molar refractivity (Wildman–Crippen MR) is 124 cm³/mol. The Hall–Kier alpha value is -2.96. The van der Waals surface area contributed by atoms with Gasteiger partial charge in [0.2, 0.25) is 0 Å². The first-order valence-corrected chi connectivity index (χ1v) is 10.5. The van der Waals surface area contributed by atoms with E-state index in [-0.39, 0.29) is 11.7 Å². The molecule has 0 aromatic heterocycles. The van der Waals surface area contributed by atoms with Crippen LogP contribution in [0.2, 0.25) is 0 Å². The smallest absolute Gasteiger partial charge is 0.270 e. The lowest BCUT2D eigenvalue weighted by molar-refractivity contribution is -0.113. The first-order chi connectivity index (χ1) is 14.5. The molecule has 0 spiro atoms. The lowest BCUT2D eigenvalue weighted by atomic mass is 10.1. The van der Waals surface area contributed by atoms with Gasteiger partial charge in [0.15, 0.2) is 4.32 Å². The van der Waals surface area contributed by atoms with Crippen molar-refractivity contribution in [1.82, 2.24) is 0 Å². The zero-order valence-electron chi connectivity index (χ0n) is 16.2. The third-order valence-electron chi connectivity index (χ3n) is 4.71. The lowest BCUT2D eigenvalue weighted by Gasteiger charge is -2.14. The fourth-order valence-corrected chi connectivity index (χ4v) is 4.32. The molecule has 30 heavy (non-hydrogen) atoms. The summed E-state index contributed by atoms with van der Waals surface area (Å²) in [5.41, 5.74) is 3.77. The Morgan fingerprint density at radius 1 is 1.03 bits per heavy atom. The van der Waals surface area contributed by atoms with Gasteiger partial charge in [0, 0.05) is 0 Å². The van der Waals surface area contributed by atoms with Crippen LogP contribution in [0.3, 0.4) is 0 Å². The van der Waals surface area contributed by atoms with Gasteiger partial charge in [0.1, 0.15) is 18.2 Å². The van der Waals surface area contributed by atoms with Crippen LogP contribution in [0.5, 0.6) is 5.75 Å². The molecule has 1 heterocycles. The highest BCUT2D eigenvalue weighted by molar-refractivity contribution is 8.27. The van der Waals surface area contributed by atoms with Crippen molar-refractivity contribution in [3.8, 4) is 5.75 Å². The van der Waals surface area contributed by atoms with Gasteiger partial charge >= 0.3 is 0 Å². The monoisotopic (exact) mass is 435 g/mol. The first kappa shape index (κ1) is 20.3. The van der Waals surface area contributed by atoms with Crippen LogP contribution < -0.4 is 9.64 Å². The van der Waals surface area contributed by atoms with Gasteiger partial charge in [0.25, 0.3) is 5.91 Å². The maximum atomic E-state index is 13.2. The van der Waals surface area contributed by atoms with Crippen molar-refractivity contribution in [3.05, 3.63) is 100 Å². The van der Waals surface area contributed by atoms with E-state index in [1.807, 2.05) is 42.5 Å². The molecule has 0 bridgehead atoms. The molecule has 1 aliphatic heterocycles. The Labute approximate surface area is 184 Å². The van der Waals surface area contributed by atoms with Gasteiger partial charge in [0.05, 0.1) is 10.6 Å². The Morgan fingerprint density at radius 3 is 2.43 bits per heavy atom. The van der Waals surface area contributed by atoms with E-state index in [1.165, 1.54) is 34.4 Å². The number of aryl methyl sites for hydroxylation is 1. The molecule has 150 valence electrons. The highest BCUT2D eigenvalue weighted by Crippen LogP contribution is 2.36. The number of rotatable bonds is 5. The number of carbonyl (C=O) groups is 1. The van der Waals surface area contributed by atoms with E-state index >= 15 is 0 Å². The molecule has 0 atom stereocenters. The lowest BCUT2D eigenvalue weighted by Crippen LogP contribution is -2.27. The number of amides is 1. The van der Waals surface area contributed by atoms with Crippen molar-refractivity contribution in [2.45, 2.75) is 13.5 Å². The van der Waals surface area contributed by atoms with Crippen LogP contribution in [0, 0.1) is 12.7 Å². The molecule has 1 fully saturated rings. The predicted octanol–water partition coefficient (Wildman–Crippen LogP) is 6.12. The van der Waals surface area contributed by atoms with E-state index < -0.39 is 0 Å². The highest BCUT2D eigenvalue weighted by atomic mass is 32.2. The van der Waals surface area contributed by atoms with Crippen molar-refractivity contribution >= 4 is 46.0 Å². The van der Waals surface area contributed by atoms with Crippen LogP contribution in [-0.2, 0) is 11.4 Å². The molecule has 4 rings (SSSR count). The van der Waals surface area contributed by atoms with Gasteiger partial charge < -0.3 is 4.74 Å². The number of thioether (sulfide) groups is 1. The van der Waals surface area contributed by atoms with E-state index in [2.05, 4.69) is 13.0 Å². The third-order valence-corrected chi connectivity index (χ3v) is 6.01. The molecule has 3 aromatic rings. The molecule has 3 nitrogen and oxygen atoms in total. The first-order valence-electron chi connectivity index (χ1n) is 9.32. The standard InChI is InChI=1S/C24H18FNO2S2/c1-16-4-2-3-5-18(16)15-28-21-12-6-17(7-13-21)14-22-23(27)26(24(29)30-22)20-10-8-19(25)9-11-20/h2-14H,15H2,1H3. The minimum absolute atomic E-state index is 0.212. The second kappa shape index (κ2) is 8.81. The average Bonchev–Trinajstić information content (AvgIpc) is 3.02. The second-order valence-electron chi connectivity index (χ2n) is 6.78. The van der Waals surface area contributed by atoms with Crippen LogP contribution in [0.1, 0.15) is 16.7 Å². The summed E-state index contributed by atoms with van der Waals surface area (Å²) in [7, 11) is 0. The summed E-state index contributed by atoms with van der Waals surface area (Å²) in [6.45, 7) is 2.56. The summed E-state index contributed by atoms with van der Waals surface area (Å²) < 4.78 is 19.5. The Balaban J connectivity index is 1.46. The fourth-order valence-electron chi connectivity index (χ4n) is 3.03. The van der Waals surface area contributed by atoms with Crippen LogP contribution in [0.4, 0.5) is 10.1 Å². The molecule has 1 amide bonds. The van der Waals surface area contributed by atoms with Crippen LogP contribution in [0.25, 0.3) is 6.08 Å². The maximum absolute atomic E-state index is 13.2. The maximum Gasteiger partial charge on any atom is 0.270 e. The minimum atomic E-state index is -0.357. The van der Waals surface area contributed by atoms with Gasteiger partial charge in [-0.1, -0.05) is 60.4 Å². The number of hydrogen-bond acceptors (Lipinski definition) is 4. The quantitative estimate of drug-likeness (QED) is 0.357. The molecule has 3 aromatic carbocycles. The zero-order chi connectivity index (χ0) is 21.1. The molecule has 0 unspecified atom stereocenters. The minimum Gasteiger partial charge on any atom is -0.489 e. The highest BCUT2D eigenvalue weighted by Gasteiger charge is 2.33. The van der Waals surface area contributed by atoms with Gasteiger partial charge in [-0.2, -0.15) is 0 Å². The van der Waals surface area contributed by atoms with Gasteiger partial charge in [-0.25, -0.2) is 4.39 Å². The van der Waals surface area contributed by atoms with Crippen molar-refractivity contribution in [1.29, 1.82) is 0 Å². The topological polar surface area (TPSA) is 29.5 Å². The van der Waals surface area contributed by atoms with E-state index in [0.29, 0.717) is 21.5 Å². The molecule has 0 aliphatic carbocycles. The normalized spacial score (nSPS) is 15.1. The van der Waals surface area contributed by atoms with E-state index in [1.54, 1.807) is 18.2 Å². The number of ether oxygens (including phenoxy) is 1. The number of halogens is 1. The van der Waals surface area contributed by atoms with Crippen LogP contribution >= 0.6 is 24.0 Å². The molecule has 6 heteroatoms. The summed E-state index contributed by atoms with van der Waals surface area (Å²) in [5, 5.41) is 0. The molecular formula is C24H18FNO2S2. The molecule has 0 saturated carbocycles. The number of hydrogen-bond donors (Lipinski definition) is 0. The summed E-state index contributed by atoms with van der Waals surface area (Å²) in [6.07, 6.45) is 1.80. The number of benzene rings is 3. The molecule has 1 saturated heterocycles. The molecule has 1 aliphatic rings. The SMILES string of the molecule is Cc1ccccc1COc1ccc(C=C2SC(=S)N(c3ccc(F)cc3)C2=O)cc1. The largest absolute Gasteiger partial charge is 0.489 e. The average molecular weight is 436 g/mol. The van der Waals surface area contributed by atoms with Crippen molar-refractivity contribution < 1.29 is 13.9 Å². The summed E-state index contributed by atoms with van der Waals surface area (Å²) in [5.74, 6) is 0.190. The summed E-state index contributed by atoms with van der Waals surface area (Å²) >= 11 is 6.58. The zero-order valence-corrected chi connectivity index (χ0v) is 17.8. The van der Waals surface area contributed by atoms with E-state index in [4.69, 9.17) is 17.0 Å². The second-order valence-corrected chi connectivity index (χ2v) is 8.45. The Bertz CT molecular complexity index is 1120. The number of thiocarbonyl (C=S) groups is 1. The van der Waals surface area contributed by atoms with E-state index in [0.717, 1.165) is 16.9 Å². The Kier molecular flexibility index (Phi) is 5.97. The van der Waals surface area contributed by atoms with Gasteiger partial charge in [-0.05, 0) is 66.1 Å². The van der Waals surface area contributed by atoms with Gasteiger partial charge in [-0.15, -0.1) is 0 Å².